The number of para-hydroxylation sites is 1. The van der Waals surface area contributed by atoms with E-state index in [-0.39, 0.29) is 6.42 Å². The number of carboxylic acids is 1. The number of carboxylic acid groups (broad SMARTS) is 1. The molecule has 1 aromatic heterocycles. The highest BCUT2D eigenvalue weighted by Crippen LogP contribution is 2.14. The number of rotatable bonds is 5. The summed E-state index contributed by atoms with van der Waals surface area (Å²) in [5.41, 5.74) is 0.872. The van der Waals surface area contributed by atoms with Gasteiger partial charge in [0.15, 0.2) is 0 Å². The van der Waals surface area contributed by atoms with E-state index in [4.69, 9.17) is 5.11 Å². The van der Waals surface area contributed by atoms with Gasteiger partial charge in [-0.25, -0.2) is 9.97 Å². The molecule has 0 amide bonds. The summed E-state index contributed by atoms with van der Waals surface area (Å²) in [6, 6.07) is 7.73. The Labute approximate surface area is 105 Å². The molecule has 18 heavy (non-hydrogen) atoms. The smallest absolute Gasteiger partial charge is 0.305 e. The van der Waals surface area contributed by atoms with Crippen molar-refractivity contribution >= 4 is 22.8 Å². The van der Waals surface area contributed by atoms with E-state index in [0.29, 0.717) is 19.0 Å². The van der Waals surface area contributed by atoms with Gasteiger partial charge in [-0.05, 0) is 13.0 Å². The molecule has 0 bridgehead atoms. The third-order valence-corrected chi connectivity index (χ3v) is 2.74. The number of aromatic nitrogens is 2. The number of anilines is 1. The van der Waals surface area contributed by atoms with Crippen molar-refractivity contribution in [1.29, 1.82) is 0 Å². The Morgan fingerprint density at radius 2 is 2.17 bits per heavy atom. The number of fused-ring (bicyclic) bond motifs is 1. The van der Waals surface area contributed by atoms with Crippen LogP contribution in [0.4, 0.5) is 5.95 Å². The molecule has 94 valence electrons. The summed E-state index contributed by atoms with van der Waals surface area (Å²) in [7, 11) is 0. The Morgan fingerprint density at radius 3 is 2.89 bits per heavy atom. The van der Waals surface area contributed by atoms with E-state index in [1.165, 1.54) is 0 Å². The summed E-state index contributed by atoms with van der Waals surface area (Å²) < 4.78 is 0. The topological polar surface area (TPSA) is 66.3 Å². The van der Waals surface area contributed by atoms with Crippen molar-refractivity contribution < 1.29 is 9.90 Å². The average Bonchev–Trinajstić information content (AvgIpc) is 2.39. The van der Waals surface area contributed by atoms with E-state index < -0.39 is 5.97 Å². The molecule has 0 saturated heterocycles. The molecule has 0 unspecified atom stereocenters. The molecule has 0 atom stereocenters. The van der Waals surface area contributed by atoms with Crippen LogP contribution in [-0.2, 0) is 4.79 Å². The molecule has 0 fully saturated rings. The van der Waals surface area contributed by atoms with Gasteiger partial charge in [0.05, 0.1) is 11.9 Å². The van der Waals surface area contributed by atoms with E-state index >= 15 is 0 Å². The maximum Gasteiger partial charge on any atom is 0.305 e. The van der Waals surface area contributed by atoms with Crippen LogP contribution < -0.4 is 4.90 Å². The zero-order valence-corrected chi connectivity index (χ0v) is 10.2. The van der Waals surface area contributed by atoms with Crippen LogP contribution in [0.3, 0.4) is 0 Å². The molecular weight excluding hydrogens is 230 g/mol. The van der Waals surface area contributed by atoms with Gasteiger partial charge in [0.25, 0.3) is 0 Å². The monoisotopic (exact) mass is 245 g/mol. The lowest BCUT2D eigenvalue weighted by Gasteiger charge is -2.19. The van der Waals surface area contributed by atoms with Crippen LogP contribution in [0.15, 0.2) is 30.5 Å². The minimum atomic E-state index is -0.811. The van der Waals surface area contributed by atoms with E-state index in [0.717, 1.165) is 10.9 Å². The first kappa shape index (κ1) is 12.3. The quantitative estimate of drug-likeness (QED) is 0.871. The molecule has 1 N–H and O–H groups in total. The Balaban J connectivity index is 2.24. The predicted molar refractivity (Wildman–Crippen MR) is 69.7 cm³/mol. The van der Waals surface area contributed by atoms with Crippen LogP contribution >= 0.6 is 0 Å². The summed E-state index contributed by atoms with van der Waals surface area (Å²) >= 11 is 0. The van der Waals surface area contributed by atoms with Crippen molar-refractivity contribution in [2.75, 3.05) is 18.0 Å². The van der Waals surface area contributed by atoms with Gasteiger partial charge < -0.3 is 10.0 Å². The molecule has 0 spiro atoms. The van der Waals surface area contributed by atoms with Crippen LogP contribution in [-0.4, -0.2) is 34.1 Å². The molecule has 0 saturated carbocycles. The molecule has 0 radical (unpaired) electrons. The maximum absolute atomic E-state index is 10.6. The van der Waals surface area contributed by atoms with Gasteiger partial charge in [0.1, 0.15) is 0 Å². The molecule has 5 nitrogen and oxygen atoms in total. The second kappa shape index (κ2) is 5.44. The van der Waals surface area contributed by atoms with E-state index in [1.54, 1.807) is 6.20 Å². The van der Waals surface area contributed by atoms with Crippen LogP contribution in [0.1, 0.15) is 13.3 Å². The zero-order chi connectivity index (χ0) is 13.0. The normalized spacial score (nSPS) is 10.5. The van der Waals surface area contributed by atoms with Gasteiger partial charge in [0.2, 0.25) is 5.95 Å². The molecule has 2 rings (SSSR count). The fourth-order valence-electron chi connectivity index (χ4n) is 1.74. The minimum absolute atomic E-state index is 0.0873. The van der Waals surface area contributed by atoms with E-state index in [9.17, 15) is 4.79 Å². The molecule has 1 heterocycles. The summed E-state index contributed by atoms with van der Waals surface area (Å²) in [6.45, 7) is 3.07. The number of aliphatic carboxylic acids is 1. The van der Waals surface area contributed by atoms with E-state index in [2.05, 4.69) is 9.97 Å². The van der Waals surface area contributed by atoms with Gasteiger partial charge >= 0.3 is 5.97 Å². The standard InChI is InChI=1S/C13H15N3O2/c1-2-16(8-7-12(17)18)13-14-9-10-5-3-4-6-11(10)15-13/h3-6,9H,2,7-8H2,1H3,(H,17,18). The fraction of sp³-hybridized carbons (Fsp3) is 0.308. The SMILES string of the molecule is CCN(CCC(=O)O)c1ncc2ccccc2n1. The van der Waals surface area contributed by atoms with Crippen LogP contribution in [0.25, 0.3) is 10.9 Å². The lowest BCUT2D eigenvalue weighted by atomic mass is 10.2. The highest BCUT2D eigenvalue weighted by molar-refractivity contribution is 5.78. The number of hydrogen-bond donors (Lipinski definition) is 1. The lowest BCUT2D eigenvalue weighted by molar-refractivity contribution is -0.136. The molecule has 0 aliphatic carbocycles. The molecule has 0 aliphatic heterocycles. The zero-order valence-electron chi connectivity index (χ0n) is 10.2. The fourth-order valence-corrected chi connectivity index (χ4v) is 1.74. The van der Waals surface area contributed by atoms with Crippen molar-refractivity contribution in [2.24, 2.45) is 0 Å². The van der Waals surface area contributed by atoms with Crippen LogP contribution in [0.2, 0.25) is 0 Å². The first-order valence-electron chi connectivity index (χ1n) is 5.89. The first-order chi connectivity index (χ1) is 8.70. The van der Waals surface area contributed by atoms with Crippen molar-refractivity contribution in [3.8, 4) is 0 Å². The summed E-state index contributed by atoms with van der Waals surface area (Å²) in [4.78, 5) is 21.2. The van der Waals surface area contributed by atoms with Crippen molar-refractivity contribution in [3.63, 3.8) is 0 Å². The molecular formula is C13H15N3O2. The van der Waals surface area contributed by atoms with Crippen LogP contribution in [0.5, 0.6) is 0 Å². The van der Waals surface area contributed by atoms with Gasteiger partial charge in [-0.2, -0.15) is 0 Å². The largest absolute Gasteiger partial charge is 0.481 e. The Morgan fingerprint density at radius 1 is 1.39 bits per heavy atom. The maximum atomic E-state index is 10.6. The number of hydrogen-bond acceptors (Lipinski definition) is 4. The summed E-state index contributed by atoms with van der Waals surface area (Å²) in [5, 5.41) is 9.69. The minimum Gasteiger partial charge on any atom is -0.481 e. The van der Waals surface area contributed by atoms with Crippen molar-refractivity contribution in [2.45, 2.75) is 13.3 Å². The van der Waals surface area contributed by atoms with Gasteiger partial charge in [0, 0.05) is 24.7 Å². The van der Waals surface area contributed by atoms with Crippen molar-refractivity contribution in [1.82, 2.24) is 9.97 Å². The summed E-state index contributed by atoms with van der Waals surface area (Å²) in [6.07, 6.45) is 1.85. The average molecular weight is 245 g/mol. The number of carbonyl (C=O) groups is 1. The third kappa shape index (κ3) is 2.74. The van der Waals surface area contributed by atoms with Gasteiger partial charge in [-0.3, -0.25) is 4.79 Å². The summed E-state index contributed by atoms with van der Waals surface area (Å²) in [5.74, 6) is -0.230. The Kier molecular flexibility index (Phi) is 3.72. The highest BCUT2D eigenvalue weighted by atomic mass is 16.4. The molecule has 2 aromatic rings. The number of nitrogens with zero attached hydrogens (tertiary/aromatic N) is 3. The Hall–Kier alpha value is -2.17. The second-order valence-electron chi connectivity index (χ2n) is 3.95. The lowest BCUT2D eigenvalue weighted by Crippen LogP contribution is -2.27. The van der Waals surface area contributed by atoms with E-state index in [1.807, 2.05) is 36.1 Å². The Bertz CT molecular complexity index is 557. The molecule has 0 aliphatic rings. The third-order valence-electron chi connectivity index (χ3n) is 2.74. The molecule has 1 aromatic carbocycles. The van der Waals surface area contributed by atoms with Gasteiger partial charge in [-0.1, -0.05) is 18.2 Å². The van der Waals surface area contributed by atoms with Gasteiger partial charge in [-0.15, -0.1) is 0 Å². The first-order valence-corrected chi connectivity index (χ1v) is 5.89. The van der Waals surface area contributed by atoms with Crippen molar-refractivity contribution in [3.05, 3.63) is 30.5 Å². The second-order valence-corrected chi connectivity index (χ2v) is 3.95. The molecule has 5 heteroatoms. The number of benzene rings is 1. The highest BCUT2D eigenvalue weighted by Gasteiger charge is 2.09. The van der Waals surface area contributed by atoms with Crippen LogP contribution in [0, 0.1) is 0 Å². The predicted octanol–water partition coefficient (Wildman–Crippen LogP) is 1.93.